The van der Waals surface area contributed by atoms with Crippen LogP contribution in [0.5, 0.6) is 0 Å². The fraction of sp³-hybridized carbons (Fsp3) is 0.333. The normalized spacial score (nSPS) is 17.8. The minimum absolute atomic E-state index is 0.128. The molecule has 2 aromatic carbocycles. The van der Waals surface area contributed by atoms with Crippen molar-refractivity contribution in [2.24, 2.45) is 11.1 Å². The molecule has 4 aromatic rings. The molecule has 0 atom stereocenters. The number of benzene rings is 2. The van der Waals surface area contributed by atoms with E-state index < -0.39 is 0 Å². The molecule has 36 heavy (non-hydrogen) atoms. The molecule has 0 N–H and O–H groups in total. The van der Waals surface area contributed by atoms with Crippen molar-refractivity contribution in [1.82, 2.24) is 14.5 Å². The maximum atomic E-state index is 12.9. The summed E-state index contributed by atoms with van der Waals surface area (Å²) < 4.78 is 1.51. The van der Waals surface area contributed by atoms with Crippen LogP contribution in [0.3, 0.4) is 0 Å². The van der Waals surface area contributed by atoms with Crippen LogP contribution in [0.15, 0.2) is 83.5 Å². The lowest BCUT2D eigenvalue weighted by molar-refractivity contribution is 0.204. The number of hydrogen-bond acceptors (Lipinski definition) is 5. The fourth-order valence-corrected chi connectivity index (χ4v) is 5.02. The zero-order valence-electron chi connectivity index (χ0n) is 21.0. The predicted octanol–water partition coefficient (Wildman–Crippen LogP) is 6.52. The molecule has 5 rings (SSSR count). The summed E-state index contributed by atoms with van der Waals surface area (Å²) in [6.45, 7) is 8.27. The van der Waals surface area contributed by atoms with Gasteiger partial charge in [-0.2, -0.15) is 0 Å². The maximum absolute atomic E-state index is 12.9. The number of hydrogen-bond donors (Lipinski definition) is 0. The van der Waals surface area contributed by atoms with Crippen LogP contribution in [-0.2, 0) is 11.4 Å². The summed E-state index contributed by atoms with van der Waals surface area (Å²) in [6, 6.07) is 15.3. The van der Waals surface area contributed by atoms with Crippen molar-refractivity contribution in [1.29, 1.82) is 0 Å². The molecule has 1 aliphatic carbocycles. The van der Waals surface area contributed by atoms with E-state index in [9.17, 15) is 4.79 Å². The lowest BCUT2D eigenvalue weighted by atomic mass is 9.68. The summed E-state index contributed by atoms with van der Waals surface area (Å²) >= 11 is 0. The summed E-state index contributed by atoms with van der Waals surface area (Å²) in [6.07, 6.45) is 10.1. The summed E-state index contributed by atoms with van der Waals surface area (Å²) in [5.41, 5.74) is 3.77. The van der Waals surface area contributed by atoms with Gasteiger partial charge in [-0.15, -0.1) is 0 Å². The third-order valence-electron chi connectivity index (χ3n) is 7.21. The van der Waals surface area contributed by atoms with E-state index in [1.54, 1.807) is 12.4 Å². The molecule has 2 heterocycles. The average molecular weight is 481 g/mol. The Morgan fingerprint density at radius 2 is 1.97 bits per heavy atom. The van der Waals surface area contributed by atoms with E-state index in [4.69, 9.17) is 4.84 Å². The molecule has 0 unspecified atom stereocenters. The van der Waals surface area contributed by atoms with Crippen LogP contribution in [0.4, 0.5) is 0 Å². The predicted molar refractivity (Wildman–Crippen MR) is 145 cm³/mol. The van der Waals surface area contributed by atoms with Gasteiger partial charge in [0.1, 0.15) is 5.76 Å². The molecule has 0 spiro atoms. The number of allylic oxidation sites excluding steroid dienone is 1. The largest absolute Gasteiger partial charge is 0.360 e. The smallest absolute Gasteiger partial charge is 0.261 e. The molecule has 1 fully saturated rings. The van der Waals surface area contributed by atoms with E-state index in [1.807, 2.05) is 6.92 Å². The van der Waals surface area contributed by atoms with Crippen molar-refractivity contribution in [3.63, 3.8) is 0 Å². The molecule has 0 amide bonds. The van der Waals surface area contributed by atoms with E-state index in [0.717, 1.165) is 43.4 Å². The molecule has 6 nitrogen and oxygen atoms in total. The molecule has 0 aliphatic heterocycles. The minimum atomic E-state index is -0.128. The van der Waals surface area contributed by atoms with Gasteiger partial charge in [-0.1, -0.05) is 67.5 Å². The molecule has 0 radical (unpaired) electrons. The number of rotatable bonds is 9. The lowest BCUT2D eigenvalue weighted by Gasteiger charge is -2.36. The van der Waals surface area contributed by atoms with Crippen LogP contribution >= 0.6 is 0 Å². The Morgan fingerprint density at radius 1 is 1.17 bits per heavy atom. The van der Waals surface area contributed by atoms with E-state index in [-0.39, 0.29) is 12.1 Å². The average Bonchev–Trinajstić information content (AvgIpc) is 2.86. The highest BCUT2D eigenvalue weighted by atomic mass is 16.6. The van der Waals surface area contributed by atoms with Gasteiger partial charge in [-0.3, -0.25) is 14.3 Å². The van der Waals surface area contributed by atoms with Gasteiger partial charge < -0.3 is 4.84 Å². The monoisotopic (exact) mass is 480 g/mol. The van der Waals surface area contributed by atoms with Crippen molar-refractivity contribution >= 4 is 27.4 Å². The third kappa shape index (κ3) is 4.94. The van der Waals surface area contributed by atoms with Crippen molar-refractivity contribution in [3.05, 3.63) is 95.0 Å². The van der Waals surface area contributed by atoms with Crippen LogP contribution in [0.25, 0.3) is 21.7 Å². The molecule has 1 saturated carbocycles. The van der Waals surface area contributed by atoms with Crippen LogP contribution in [-0.4, -0.2) is 20.2 Å². The zero-order chi connectivity index (χ0) is 25.1. The van der Waals surface area contributed by atoms with Crippen molar-refractivity contribution in [2.45, 2.75) is 58.4 Å². The first-order valence-corrected chi connectivity index (χ1v) is 12.7. The van der Waals surface area contributed by atoms with Gasteiger partial charge in [0.2, 0.25) is 0 Å². The lowest BCUT2D eigenvalue weighted by Crippen LogP contribution is -2.29. The number of oxime groups is 1. The van der Waals surface area contributed by atoms with Crippen LogP contribution in [0.1, 0.15) is 56.1 Å². The van der Waals surface area contributed by atoms with Gasteiger partial charge in [0.15, 0.2) is 0 Å². The maximum Gasteiger partial charge on any atom is 0.261 e. The topological polar surface area (TPSA) is 69.4 Å². The zero-order valence-corrected chi connectivity index (χ0v) is 21.0. The number of unbranched alkanes of at least 4 members (excludes halogenated alkanes) is 1. The summed E-state index contributed by atoms with van der Waals surface area (Å²) in [5.74, 6) is 1.39. The Hall–Kier alpha value is -3.80. The number of fused-ring (bicyclic) bond motifs is 2. The molecule has 1 aliphatic rings. The van der Waals surface area contributed by atoms with Gasteiger partial charge in [0.25, 0.3) is 5.56 Å². The van der Waals surface area contributed by atoms with Crippen LogP contribution < -0.4 is 5.56 Å². The Balaban J connectivity index is 1.25. The minimum Gasteiger partial charge on any atom is -0.360 e. The number of aryl methyl sites for hydroxylation is 1. The molecule has 2 aromatic heterocycles. The summed E-state index contributed by atoms with van der Waals surface area (Å²) in [4.78, 5) is 27.2. The fourth-order valence-electron chi connectivity index (χ4n) is 5.02. The number of aromatic nitrogens is 3. The molecular formula is C30H32N4O2. The first-order valence-electron chi connectivity index (χ1n) is 12.7. The summed E-state index contributed by atoms with van der Waals surface area (Å²) in [5, 5.41) is 7.68. The first-order chi connectivity index (χ1) is 17.5. The Labute approximate surface area is 211 Å². The SMILES string of the molecule is C=C(Cn1cnc2cncc(C)c2c1=O)O/N=C(\CCCC)C1CC(c2ccc3ccccc3c2)C1. The molecule has 0 bridgehead atoms. The van der Waals surface area contributed by atoms with Crippen LogP contribution in [0, 0.1) is 12.8 Å². The molecule has 184 valence electrons. The van der Waals surface area contributed by atoms with Crippen molar-refractivity contribution < 1.29 is 4.84 Å². The highest BCUT2D eigenvalue weighted by Crippen LogP contribution is 2.43. The van der Waals surface area contributed by atoms with E-state index in [0.29, 0.717) is 28.5 Å². The molecular weight excluding hydrogens is 448 g/mol. The Kier molecular flexibility index (Phi) is 6.94. The Morgan fingerprint density at radius 3 is 2.78 bits per heavy atom. The van der Waals surface area contributed by atoms with Gasteiger partial charge in [0, 0.05) is 12.1 Å². The van der Waals surface area contributed by atoms with E-state index >= 15 is 0 Å². The third-order valence-corrected chi connectivity index (χ3v) is 7.21. The first kappa shape index (κ1) is 23.9. The van der Waals surface area contributed by atoms with Gasteiger partial charge in [-0.25, -0.2) is 4.98 Å². The van der Waals surface area contributed by atoms with E-state index in [1.165, 1.54) is 27.2 Å². The van der Waals surface area contributed by atoms with Crippen molar-refractivity contribution in [3.8, 4) is 0 Å². The van der Waals surface area contributed by atoms with Gasteiger partial charge in [-0.05, 0) is 60.4 Å². The van der Waals surface area contributed by atoms with E-state index in [2.05, 4.69) is 71.1 Å². The Bertz CT molecular complexity index is 1500. The van der Waals surface area contributed by atoms with Crippen LogP contribution in [0.2, 0.25) is 0 Å². The second kappa shape index (κ2) is 10.4. The molecule has 6 heteroatoms. The number of pyridine rings is 1. The van der Waals surface area contributed by atoms with Crippen molar-refractivity contribution in [2.75, 3.05) is 0 Å². The standard InChI is InChI=1S/C30H32N4O2/c1-4-5-10-27(26-14-25(15-26)24-12-11-22-8-6-7-9-23(22)13-24)33-36-21(3)18-34-19-32-28-17-31-16-20(2)29(28)30(34)35/h6-9,11-13,16-17,19,25-26H,3-5,10,14-15,18H2,1-2H3/b33-27+. The number of nitrogens with zero attached hydrogens (tertiary/aromatic N) is 4. The quantitative estimate of drug-likeness (QED) is 0.155. The summed E-state index contributed by atoms with van der Waals surface area (Å²) in [7, 11) is 0. The van der Waals surface area contributed by atoms with Gasteiger partial charge in [0.05, 0.1) is 35.7 Å². The second-order valence-corrected chi connectivity index (χ2v) is 9.82. The molecule has 0 saturated heterocycles. The van der Waals surface area contributed by atoms with Gasteiger partial charge >= 0.3 is 0 Å². The highest BCUT2D eigenvalue weighted by Gasteiger charge is 2.34. The highest BCUT2D eigenvalue weighted by molar-refractivity contribution is 5.88. The second-order valence-electron chi connectivity index (χ2n) is 9.82.